The first-order valence-corrected chi connectivity index (χ1v) is 17.0. The number of esters is 2. The minimum Gasteiger partial charge on any atom is -0.462 e. The second kappa shape index (κ2) is 27.0. The summed E-state index contributed by atoms with van der Waals surface area (Å²) in [5.41, 5.74) is 0. The molecule has 0 saturated carbocycles. The molecule has 230 valence electrons. The summed E-state index contributed by atoms with van der Waals surface area (Å²) in [6, 6.07) is 0. The van der Waals surface area contributed by atoms with Gasteiger partial charge in [-0.25, -0.2) is 4.57 Å². The van der Waals surface area contributed by atoms with E-state index in [1.807, 2.05) is 0 Å². The molecule has 0 radical (unpaired) electrons. The number of phosphoric acid groups is 1. The highest BCUT2D eigenvalue weighted by Crippen LogP contribution is 2.35. The van der Waals surface area contributed by atoms with Gasteiger partial charge in [0.25, 0.3) is 0 Å². The Balaban J connectivity index is 4.05. The van der Waals surface area contributed by atoms with Crippen LogP contribution in [0.3, 0.4) is 0 Å². The Hall–Kier alpha value is -1.21. The van der Waals surface area contributed by atoms with Crippen LogP contribution in [-0.2, 0) is 28.2 Å². The van der Waals surface area contributed by atoms with Crippen molar-refractivity contribution >= 4 is 19.8 Å². The molecule has 0 aromatic carbocycles. The highest BCUT2D eigenvalue weighted by atomic mass is 31.2. The zero-order chi connectivity index (χ0) is 29.0. The van der Waals surface area contributed by atoms with Crippen molar-refractivity contribution in [1.29, 1.82) is 0 Å². The lowest BCUT2D eigenvalue weighted by molar-refractivity contribution is -0.161. The zero-order valence-corrected chi connectivity index (χ0v) is 25.7. The lowest BCUT2D eigenvalue weighted by Crippen LogP contribution is -2.29. The van der Waals surface area contributed by atoms with Crippen molar-refractivity contribution in [3.05, 3.63) is 12.2 Å². The lowest BCUT2D eigenvalue weighted by atomic mass is 10.1. The predicted molar refractivity (Wildman–Crippen MR) is 156 cm³/mol. The molecule has 0 bridgehead atoms. The van der Waals surface area contributed by atoms with Crippen LogP contribution in [0.2, 0.25) is 0 Å². The molecule has 2 N–H and O–H groups in total. The highest BCUT2D eigenvalue weighted by molar-refractivity contribution is 7.46. The summed E-state index contributed by atoms with van der Waals surface area (Å²) < 4.78 is 26.1. The molecule has 0 aromatic rings. The summed E-state index contributed by atoms with van der Waals surface area (Å²) >= 11 is 0. The van der Waals surface area contributed by atoms with E-state index in [0.29, 0.717) is 6.42 Å². The first-order chi connectivity index (χ1) is 18.8. The number of allylic oxidation sites excluding steroid dienone is 2. The van der Waals surface area contributed by atoms with E-state index in [1.54, 1.807) is 0 Å². The number of rotatable bonds is 28. The van der Waals surface area contributed by atoms with Crippen LogP contribution in [0.1, 0.15) is 149 Å². The van der Waals surface area contributed by atoms with Crippen molar-refractivity contribution in [3.8, 4) is 0 Å². The lowest BCUT2D eigenvalue weighted by Gasteiger charge is -2.18. The maximum atomic E-state index is 12.2. The van der Waals surface area contributed by atoms with Gasteiger partial charge in [0.15, 0.2) is 6.10 Å². The summed E-state index contributed by atoms with van der Waals surface area (Å²) in [7, 11) is -4.73. The van der Waals surface area contributed by atoms with E-state index >= 15 is 0 Å². The number of unbranched alkanes of at least 4 members (excludes halogenated alkanes) is 16. The van der Waals surface area contributed by atoms with Gasteiger partial charge in [-0.1, -0.05) is 116 Å². The summed E-state index contributed by atoms with van der Waals surface area (Å²) in [5.74, 6) is -0.893. The molecule has 0 amide bonds. The van der Waals surface area contributed by atoms with Gasteiger partial charge in [0.2, 0.25) is 0 Å². The van der Waals surface area contributed by atoms with Gasteiger partial charge in [0, 0.05) is 12.8 Å². The second-order valence-electron chi connectivity index (χ2n) is 10.4. The minimum absolute atomic E-state index is 0.209. The minimum atomic E-state index is -4.73. The highest BCUT2D eigenvalue weighted by Gasteiger charge is 2.22. The van der Waals surface area contributed by atoms with Crippen LogP contribution in [0.15, 0.2) is 12.2 Å². The maximum Gasteiger partial charge on any atom is 0.469 e. The first kappa shape index (κ1) is 37.8. The van der Waals surface area contributed by atoms with Crippen LogP contribution in [-0.4, -0.2) is 41.0 Å². The average molecular weight is 577 g/mol. The van der Waals surface area contributed by atoms with E-state index < -0.39 is 32.5 Å². The van der Waals surface area contributed by atoms with E-state index in [2.05, 4.69) is 30.5 Å². The third-order valence-corrected chi connectivity index (χ3v) is 7.03. The van der Waals surface area contributed by atoms with E-state index in [4.69, 9.17) is 19.3 Å². The molecule has 9 heteroatoms. The fourth-order valence-corrected chi connectivity index (χ4v) is 4.62. The van der Waals surface area contributed by atoms with Crippen molar-refractivity contribution in [3.63, 3.8) is 0 Å². The normalized spacial score (nSPS) is 12.6. The number of carbonyl (C=O) groups is 2. The Morgan fingerprint density at radius 2 is 1.15 bits per heavy atom. The standard InChI is InChI=1S/C30H57O8P/c1-3-5-7-9-11-13-15-17-19-21-23-25-30(32)38-28(27-37-39(33,34)35)26-36-29(31)24-22-20-18-16-14-12-10-8-6-4-2/h5,7,28H,3-4,6,8-27H2,1-2H3,(H2,33,34,35)/b7-5+/t28-/m1/s1. The average Bonchev–Trinajstić information content (AvgIpc) is 2.89. The second-order valence-corrected chi connectivity index (χ2v) is 11.6. The molecule has 0 aliphatic heterocycles. The Morgan fingerprint density at radius 1 is 0.667 bits per heavy atom. The first-order valence-electron chi connectivity index (χ1n) is 15.5. The molecule has 0 aromatic heterocycles. The Morgan fingerprint density at radius 3 is 1.67 bits per heavy atom. The molecule has 0 aliphatic rings. The fraction of sp³-hybridized carbons (Fsp3) is 0.867. The number of hydrogen-bond donors (Lipinski definition) is 2. The molecule has 0 spiro atoms. The summed E-state index contributed by atoms with van der Waals surface area (Å²) in [5, 5.41) is 0. The van der Waals surface area contributed by atoms with Crippen LogP contribution in [0.5, 0.6) is 0 Å². The summed E-state index contributed by atoms with van der Waals surface area (Å²) in [4.78, 5) is 42.3. The molecule has 0 fully saturated rings. The largest absolute Gasteiger partial charge is 0.469 e. The van der Waals surface area contributed by atoms with Gasteiger partial charge in [-0.2, -0.15) is 0 Å². The molecular weight excluding hydrogens is 519 g/mol. The van der Waals surface area contributed by atoms with Crippen molar-refractivity contribution in [1.82, 2.24) is 0 Å². The number of phosphoric ester groups is 1. The molecule has 39 heavy (non-hydrogen) atoms. The molecule has 8 nitrogen and oxygen atoms in total. The van der Waals surface area contributed by atoms with Crippen molar-refractivity contribution in [2.75, 3.05) is 13.2 Å². The third kappa shape index (κ3) is 29.6. The Labute approximate surface area is 237 Å². The van der Waals surface area contributed by atoms with E-state index in [0.717, 1.165) is 51.4 Å². The smallest absolute Gasteiger partial charge is 0.462 e. The topological polar surface area (TPSA) is 119 Å². The molecule has 0 unspecified atom stereocenters. The molecule has 1 atom stereocenters. The Bertz CT molecular complexity index is 661. The quantitative estimate of drug-likeness (QED) is 0.0413. The van der Waals surface area contributed by atoms with Crippen LogP contribution in [0, 0.1) is 0 Å². The van der Waals surface area contributed by atoms with Crippen LogP contribution < -0.4 is 0 Å². The van der Waals surface area contributed by atoms with E-state index in [1.165, 1.54) is 64.2 Å². The van der Waals surface area contributed by atoms with Crippen LogP contribution in [0.25, 0.3) is 0 Å². The number of hydrogen-bond acceptors (Lipinski definition) is 6. The van der Waals surface area contributed by atoms with Crippen molar-refractivity contribution in [2.45, 2.75) is 155 Å². The van der Waals surface area contributed by atoms with E-state index in [-0.39, 0.29) is 19.4 Å². The SMILES string of the molecule is CC/C=C/CCCCCCCCCC(=O)O[C@H](COC(=O)CCCCCCCCCCCC)COP(=O)(O)O. The van der Waals surface area contributed by atoms with Gasteiger partial charge < -0.3 is 19.3 Å². The molecule has 0 heterocycles. The summed E-state index contributed by atoms with van der Waals surface area (Å²) in [6.07, 6.45) is 25.2. The maximum absolute atomic E-state index is 12.2. The van der Waals surface area contributed by atoms with Gasteiger partial charge in [-0.15, -0.1) is 0 Å². The zero-order valence-electron chi connectivity index (χ0n) is 24.8. The van der Waals surface area contributed by atoms with Gasteiger partial charge in [0.1, 0.15) is 6.61 Å². The van der Waals surface area contributed by atoms with Crippen LogP contribution >= 0.6 is 7.82 Å². The van der Waals surface area contributed by atoms with Gasteiger partial charge in [-0.05, 0) is 32.1 Å². The molecule has 0 saturated heterocycles. The number of carbonyl (C=O) groups excluding carboxylic acids is 2. The van der Waals surface area contributed by atoms with Crippen molar-refractivity contribution < 1.29 is 37.9 Å². The predicted octanol–water partition coefficient (Wildman–Crippen LogP) is 8.34. The van der Waals surface area contributed by atoms with Gasteiger partial charge in [-0.3, -0.25) is 14.1 Å². The van der Waals surface area contributed by atoms with Crippen molar-refractivity contribution in [2.24, 2.45) is 0 Å². The van der Waals surface area contributed by atoms with Gasteiger partial charge >= 0.3 is 19.8 Å². The Kier molecular flexibility index (Phi) is 26.1. The molecule has 0 aliphatic carbocycles. The third-order valence-electron chi connectivity index (χ3n) is 6.55. The van der Waals surface area contributed by atoms with Crippen LogP contribution in [0.4, 0.5) is 0 Å². The molecular formula is C30H57O8P. The fourth-order valence-electron chi connectivity index (χ4n) is 4.26. The monoisotopic (exact) mass is 576 g/mol. The summed E-state index contributed by atoms with van der Waals surface area (Å²) in [6.45, 7) is 3.54. The molecule has 0 rings (SSSR count). The van der Waals surface area contributed by atoms with E-state index in [9.17, 15) is 14.2 Å². The number of ether oxygens (including phenoxy) is 2. The van der Waals surface area contributed by atoms with Gasteiger partial charge in [0.05, 0.1) is 6.61 Å².